The Labute approximate surface area is 123 Å². The maximum atomic E-state index is 5.58. The van der Waals surface area contributed by atoms with Crippen molar-refractivity contribution in [1.82, 2.24) is 10.2 Å². The lowest BCUT2D eigenvalue weighted by Gasteiger charge is -2.27. The smallest absolute Gasteiger partial charge is 0.0506 e. The fraction of sp³-hybridized carbons (Fsp3) is 0.647. The van der Waals surface area contributed by atoms with E-state index in [0.717, 1.165) is 39.3 Å². The van der Waals surface area contributed by atoms with Gasteiger partial charge in [0.25, 0.3) is 0 Å². The first-order chi connectivity index (χ1) is 9.79. The lowest BCUT2D eigenvalue weighted by Crippen LogP contribution is -2.30. The van der Waals surface area contributed by atoms with Crippen LogP contribution in [0.1, 0.15) is 24.0 Å². The molecule has 0 saturated carbocycles. The van der Waals surface area contributed by atoms with Crippen LogP contribution in [0.2, 0.25) is 0 Å². The van der Waals surface area contributed by atoms with Gasteiger partial charge in [-0.25, -0.2) is 0 Å². The van der Waals surface area contributed by atoms with E-state index in [9.17, 15) is 0 Å². The van der Waals surface area contributed by atoms with Crippen molar-refractivity contribution in [3.63, 3.8) is 0 Å². The first-order valence-corrected chi connectivity index (χ1v) is 7.77. The summed E-state index contributed by atoms with van der Waals surface area (Å²) in [6.45, 7) is 5.10. The van der Waals surface area contributed by atoms with Crippen molar-refractivity contribution in [3.05, 3.63) is 35.4 Å². The molecule has 1 saturated heterocycles. The molecule has 1 aliphatic heterocycles. The SMILES string of the molecule is CNCCc1ccccc1CN(C)CC1CCCOC1. The van der Waals surface area contributed by atoms with Crippen molar-refractivity contribution in [3.8, 4) is 0 Å². The molecule has 0 aliphatic carbocycles. The van der Waals surface area contributed by atoms with Crippen LogP contribution in [0, 0.1) is 5.92 Å². The van der Waals surface area contributed by atoms with Crippen LogP contribution in [0.25, 0.3) is 0 Å². The highest BCUT2D eigenvalue weighted by Crippen LogP contribution is 2.17. The van der Waals surface area contributed by atoms with E-state index in [2.05, 4.69) is 41.5 Å². The summed E-state index contributed by atoms with van der Waals surface area (Å²) in [5, 5.41) is 3.23. The number of nitrogens with one attached hydrogen (secondary N) is 1. The number of hydrogen-bond acceptors (Lipinski definition) is 3. The fourth-order valence-corrected chi connectivity index (χ4v) is 2.96. The standard InChI is InChI=1S/C17H28N2O/c1-18-10-9-16-7-3-4-8-17(16)13-19(2)12-15-6-5-11-20-14-15/h3-4,7-8,15,18H,5-6,9-14H2,1-2H3. The van der Waals surface area contributed by atoms with E-state index in [0.29, 0.717) is 5.92 Å². The third kappa shape index (κ3) is 4.89. The van der Waals surface area contributed by atoms with Crippen LogP contribution in [0.5, 0.6) is 0 Å². The summed E-state index contributed by atoms with van der Waals surface area (Å²) < 4.78 is 5.58. The van der Waals surface area contributed by atoms with Gasteiger partial charge in [0.1, 0.15) is 0 Å². The highest BCUT2D eigenvalue weighted by Gasteiger charge is 2.16. The quantitative estimate of drug-likeness (QED) is 0.827. The van der Waals surface area contributed by atoms with Crippen LogP contribution < -0.4 is 5.32 Å². The Morgan fingerprint density at radius 1 is 1.30 bits per heavy atom. The Balaban J connectivity index is 1.87. The Bertz CT molecular complexity index is 388. The van der Waals surface area contributed by atoms with Crippen molar-refractivity contribution in [2.75, 3.05) is 40.4 Å². The van der Waals surface area contributed by atoms with Crippen molar-refractivity contribution in [2.24, 2.45) is 5.92 Å². The zero-order chi connectivity index (χ0) is 14.2. The predicted octanol–water partition coefficient (Wildman–Crippen LogP) is 2.31. The van der Waals surface area contributed by atoms with E-state index in [1.807, 2.05) is 7.05 Å². The minimum Gasteiger partial charge on any atom is -0.381 e. The zero-order valence-electron chi connectivity index (χ0n) is 12.9. The van der Waals surface area contributed by atoms with Gasteiger partial charge in [0.2, 0.25) is 0 Å². The Morgan fingerprint density at radius 2 is 2.10 bits per heavy atom. The monoisotopic (exact) mass is 276 g/mol. The summed E-state index contributed by atoms with van der Waals surface area (Å²) in [7, 11) is 4.24. The highest BCUT2D eigenvalue weighted by molar-refractivity contribution is 5.27. The number of benzene rings is 1. The molecule has 0 amide bonds. The normalized spacial score (nSPS) is 19.4. The summed E-state index contributed by atoms with van der Waals surface area (Å²) in [5.74, 6) is 0.707. The Kier molecular flexibility index (Phi) is 6.51. The molecule has 1 N–H and O–H groups in total. The van der Waals surface area contributed by atoms with Gasteiger partial charge in [0.15, 0.2) is 0 Å². The van der Waals surface area contributed by atoms with Crippen LogP contribution >= 0.6 is 0 Å². The van der Waals surface area contributed by atoms with E-state index >= 15 is 0 Å². The van der Waals surface area contributed by atoms with Crippen molar-refractivity contribution < 1.29 is 4.74 Å². The Hall–Kier alpha value is -0.900. The van der Waals surface area contributed by atoms with Crippen LogP contribution in [-0.2, 0) is 17.7 Å². The fourth-order valence-electron chi connectivity index (χ4n) is 2.96. The minimum absolute atomic E-state index is 0.707. The number of ether oxygens (including phenoxy) is 1. The van der Waals surface area contributed by atoms with Gasteiger partial charge in [0, 0.05) is 19.7 Å². The zero-order valence-corrected chi connectivity index (χ0v) is 12.9. The molecule has 1 heterocycles. The van der Waals surface area contributed by atoms with Crippen molar-refractivity contribution in [1.29, 1.82) is 0 Å². The molecule has 1 fully saturated rings. The van der Waals surface area contributed by atoms with E-state index in [4.69, 9.17) is 4.74 Å². The molecule has 2 rings (SSSR count). The molecule has 0 radical (unpaired) electrons. The third-order valence-corrected chi connectivity index (χ3v) is 4.03. The lowest BCUT2D eigenvalue weighted by molar-refractivity contribution is 0.0411. The van der Waals surface area contributed by atoms with E-state index in [-0.39, 0.29) is 0 Å². The second-order valence-corrected chi connectivity index (χ2v) is 5.90. The molecule has 1 aromatic carbocycles. The molecular weight excluding hydrogens is 248 g/mol. The van der Waals surface area contributed by atoms with Crippen molar-refractivity contribution >= 4 is 0 Å². The van der Waals surface area contributed by atoms with Crippen molar-refractivity contribution in [2.45, 2.75) is 25.8 Å². The predicted molar refractivity (Wildman–Crippen MR) is 83.9 cm³/mol. The second-order valence-electron chi connectivity index (χ2n) is 5.90. The maximum Gasteiger partial charge on any atom is 0.0506 e. The number of rotatable bonds is 7. The number of hydrogen-bond donors (Lipinski definition) is 1. The first kappa shape index (κ1) is 15.5. The van der Waals surface area contributed by atoms with E-state index in [1.165, 1.54) is 24.0 Å². The van der Waals surface area contributed by atoms with Gasteiger partial charge in [-0.15, -0.1) is 0 Å². The minimum atomic E-state index is 0.707. The van der Waals surface area contributed by atoms with E-state index in [1.54, 1.807) is 0 Å². The third-order valence-electron chi connectivity index (χ3n) is 4.03. The van der Waals surface area contributed by atoms with E-state index < -0.39 is 0 Å². The molecule has 20 heavy (non-hydrogen) atoms. The molecule has 1 atom stereocenters. The van der Waals surface area contributed by atoms with Gasteiger partial charge < -0.3 is 15.0 Å². The van der Waals surface area contributed by atoms with Gasteiger partial charge >= 0.3 is 0 Å². The molecule has 1 aromatic rings. The van der Waals surface area contributed by atoms with Gasteiger partial charge in [-0.2, -0.15) is 0 Å². The largest absolute Gasteiger partial charge is 0.381 e. The molecule has 112 valence electrons. The van der Waals surface area contributed by atoms with Crippen LogP contribution in [0.15, 0.2) is 24.3 Å². The van der Waals surface area contributed by atoms with Gasteiger partial charge in [0.05, 0.1) is 6.61 Å². The molecule has 1 aliphatic rings. The maximum absolute atomic E-state index is 5.58. The Morgan fingerprint density at radius 3 is 2.80 bits per heavy atom. The number of nitrogens with zero attached hydrogens (tertiary/aromatic N) is 1. The average Bonchev–Trinajstić information content (AvgIpc) is 2.47. The first-order valence-electron chi connectivity index (χ1n) is 7.77. The molecule has 0 spiro atoms. The second kappa shape index (κ2) is 8.40. The summed E-state index contributed by atoms with van der Waals surface area (Å²) in [4.78, 5) is 2.44. The number of likely N-dealkylation sites (N-methyl/N-ethyl adjacent to an activating group) is 1. The molecule has 0 bridgehead atoms. The lowest BCUT2D eigenvalue weighted by atomic mass is 10.0. The van der Waals surface area contributed by atoms with Gasteiger partial charge in [-0.1, -0.05) is 24.3 Å². The van der Waals surface area contributed by atoms with Gasteiger partial charge in [-0.05, 0) is 56.9 Å². The molecule has 1 unspecified atom stereocenters. The van der Waals surface area contributed by atoms with Gasteiger partial charge in [-0.3, -0.25) is 0 Å². The molecule has 3 heteroatoms. The topological polar surface area (TPSA) is 24.5 Å². The molecular formula is C17H28N2O. The summed E-state index contributed by atoms with van der Waals surface area (Å²) >= 11 is 0. The van der Waals surface area contributed by atoms with Crippen LogP contribution in [0.3, 0.4) is 0 Å². The summed E-state index contributed by atoms with van der Waals surface area (Å²) in [6.07, 6.45) is 3.63. The summed E-state index contributed by atoms with van der Waals surface area (Å²) in [6, 6.07) is 8.81. The average molecular weight is 276 g/mol. The van der Waals surface area contributed by atoms with Crippen LogP contribution in [-0.4, -0.2) is 45.3 Å². The molecule has 3 nitrogen and oxygen atoms in total. The molecule has 0 aromatic heterocycles. The summed E-state index contributed by atoms with van der Waals surface area (Å²) in [5.41, 5.74) is 2.93. The highest BCUT2D eigenvalue weighted by atomic mass is 16.5. The van der Waals surface area contributed by atoms with Crippen LogP contribution in [0.4, 0.5) is 0 Å².